The van der Waals surface area contributed by atoms with Crippen molar-refractivity contribution in [2.45, 2.75) is 6.92 Å². The van der Waals surface area contributed by atoms with Gasteiger partial charge in [0.15, 0.2) is 0 Å². The van der Waals surface area contributed by atoms with Crippen molar-refractivity contribution in [1.29, 1.82) is 0 Å². The summed E-state index contributed by atoms with van der Waals surface area (Å²) >= 11 is 0. The molecule has 2 aromatic heterocycles. The maximum absolute atomic E-state index is 14.1. The predicted molar refractivity (Wildman–Crippen MR) is 87.6 cm³/mol. The summed E-state index contributed by atoms with van der Waals surface area (Å²) in [7, 11) is 7.09. The van der Waals surface area contributed by atoms with Crippen LogP contribution < -0.4 is 22.1 Å². The van der Waals surface area contributed by atoms with Crippen molar-refractivity contribution in [3.05, 3.63) is 56.7 Å². The van der Waals surface area contributed by atoms with Crippen molar-refractivity contribution in [3.63, 3.8) is 0 Å². The topological polar surface area (TPSA) is 92.9 Å². The molecule has 0 bridgehead atoms. The van der Waals surface area contributed by atoms with E-state index in [9.17, 15) is 14.0 Å². The van der Waals surface area contributed by atoms with Crippen molar-refractivity contribution in [1.82, 2.24) is 14.8 Å². The minimum Gasteiger partial charge on any atom is -0.388 e. The lowest BCUT2D eigenvalue weighted by Gasteiger charge is -2.15. The molecule has 0 spiro atoms. The molecular weight excluding hydrogens is 314 g/mol. The number of hydrogen-bond acceptors (Lipinski definition) is 5. The second-order valence-corrected chi connectivity index (χ2v) is 5.24. The number of aromatic amines is 1. The third-order valence-corrected chi connectivity index (χ3v) is 3.53. The monoisotopic (exact) mass is 326 g/mol. The van der Waals surface area contributed by atoms with Gasteiger partial charge in [-0.3, -0.25) is 4.79 Å². The smallest absolute Gasteiger partial charge is 0.388 e. The first-order valence-corrected chi connectivity index (χ1v) is 6.95. The summed E-state index contributed by atoms with van der Waals surface area (Å²) in [6.07, 6.45) is 1.45. The van der Waals surface area contributed by atoms with E-state index in [0.717, 1.165) is 6.07 Å². The number of nitrogens with one attached hydrogen (secondary N) is 2. The summed E-state index contributed by atoms with van der Waals surface area (Å²) in [5, 5.41) is 8.77. The number of aryl methyl sites for hydroxylation is 1. The highest BCUT2D eigenvalue weighted by Gasteiger charge is 2.18. The Morgan fingerprint density at radius 3 is 2.75 bits per heavy atom. The number of hydrogen-bond donors (Lipinski definition) is 2. The Hall–Kier alpha value is -3.10. The number of halogens is 1. The molecule has 2 radical (unpaired) electrons. The van der Waals surface area contributed by atoms with Gasteiger partial charge in [0.1, 0.15) is 13.7 Å². The van der Waals surface area contributed by atoms with Gasteiger partial charge in [0.2, 0.25) is 0 Å². The summed E-state index contributed by atoms with van der Waals surface area (Å²) in [6.45, 7) is 1.58. The molecule has 2 heterocycles. The highest BCUT2D eigenvalue weighted by atomic mass is 19.1. The molecule has 0 amide bonds. The summed E-state index contributed by atoms with van der Waals surface area (Å²) in [6, 6.07) is 4.13. The summed E-state index contributed by atoms with van der Waals surface area (Å²) in [5.74, 6) is -1.33. The van der Waals surface area contributed by atoms with E-state index in [-0.39, 0.29) is 28.3 Å². The largest absolute Gasteiger partial charge is 0.434 e. The number of aromatic nitrogens is 3. The van der Waals surface area contributed by atoms with E-state index >= 15 is 0 Å². The number of H-pyrrole nitrogens is 1. The van der Waals surface area contributed by atoms with Crippen molar-refractivity contribution >= 4 is 24.7 Å². The zero-order valence-electron chi connectivity index (χ0n) is 12.9. The van der Waals surface area contributed by atoms with Crippen LogP contribution in [0.3, 0.4) is 0 Å². The van der Waals surface area contributed by atoms with Crippen molar-refractivity contribution in [2.24, 2.45) is 7.05 Å². The van der Waals surface area contributed by atoms with E-state index in [1.807, 2.05) is 0 Å². The zero-order valence-corrected chi connectivity index (χ0v) is 12.9. The van der Waals surface area contributed by atoms with E-state index in [1.54, 1.807) is 14.0 Å². The first kappa shape index (κ1) is 15.8. The molecular formula is C15H12BFN4O3. The van der Waals surface area contributed by atoms with Crippen molar-refractivity contribution in [2.75, 3.05) is 5.32 Å². The lowest BCUT2D eigenvalue weighted by Crippen LogP contribution is -2.21. The summed E-state index contributed by atoms with van der Waals surface area (Å²) in [5.41, 5.74) is 1.06. The number of rotatable bonds is 3. The fourth-order valence-electron chi connectivity index (χ4n) is 2.33. The van der Waals surface area contributed by atoms with Gasteiger partial charge in [-0.1, -0.05) is 11.5 Å². The maximum Gasteiger partial charge on any atom is 0.434 e. The fraction of sp³-hybridized carbons (Fsp3) is 0.133. The summed E-state index contributed by atoms with van der Waals surface area (Å²) < 4.78 is 20.3. The first-order chi connectivity index (χ1) is 11.4. The zero-order chi connectivity index (χ0) is 17.4. The van der Waals surface area contributed by atoms with Crippen LogP contribution in [-0.2, 0) is 7.05 Å². The number of pyridine rings is 1. The van der Waals surface area contributed by atoms with E-state index < -0.39 is 11.6 Å². The molecule has 120 valence electrons. The van der Waals surface area contributed by atoms with Crippen LogP contribution in [0.1, 0.15) is 5.56 Å². The Morgan fingerprint density at radius 2 is 2.12 bits per heavy atom. The standard InChI is InChI=1S/C15H12BFN4O3/c1-7-12(18-11-4-3-8(16)5-10(11)17)9(6-21(2)14(7)22)13-19-20-15(23)24-13/h3-6,18H,1-2H3,(H,20,23). The highest BCUT2D eigenvalue weighted by molar-refractivity contribution is 6.32. The SMILES string of the molecule is [B]c1ccc(Nc2c(-c3n[nH]c(=O)o3)cn(C)c(=O)c2C)c(F)c1. The molecule has 3 rings (SSSR count). The van der Waals surface area contributed by atoms with E-state index in [1.165, 1.54) is 22.9 Å². The molecule has 0 saturated carbocycles. The van der Waals surface area contributed by atoms with Gasteiger partial charge in [-0.25, -0.2) is 14.3 Å². The van der Waals surface area contributed by atoms with Crippen LogP contribution in [0.25, 0.3) is 11.5 Å². The number of anilines is 2. The van der Waals surface area contributed by atoms with Gasteiger partial charge in [0.05, 0.1) is 16.9 Å². The molecule has 0 aliphatic carbocycles. The molecule has 0 aliphatic heterocycles. The second kappa shape index (κ2) is 5.84. The molecule has 0 saturated heterocycles. The molecule has 7 nitrogen and oxygen atoms in total. The van der Waals surface area contributed by atoms with Crippen LogP contribution in [0.15, 0.2) is 38.4 Å². The molecule has 0 atom stereocenters. The molecule has 0 fully saturated rings. The Kier molecular flexibility index (Phi) is 3.84. The van der Waals surface area contributed by atoms with Gasteiger partial charge >= 0.3 is 5.76 Å². The minimum atomic E-state index is -0.735. The molecule has 3 aromatic rings. The van der Waals surface area contributed by atoms with Gasteiger partial charge in [-0.05, 0) is 19.1 Å². The Morgan fingerprint density at radius 1 is 1.38 bits per heavy atom. The van der Waals surface area contributed by atoms with Crippen LogP contribution in [0.4, 0.5) is 15.8 Å². The van der Waals surface area contributed by atoms with E-state index in [0.29, 0.717) is 11.1 Å². The van der Waals surface area contributed by atoms with Gasteiger partial charge in [-0.15, -0.1) is 5.10 Å². The van der Waals surface area contributed by atoms with Crippen LogP contribution in [0.2, 0.25) is 0 Å². The van der Waals surface area contributed by atoms with E-state index in [2.05, 4.69) is 15.5 Å². The molecule has 0 aliphatic rings. The third-order valence-electron chi connectivity index (χ3n) is 3.53. The first-order valence-electron chi connectivity index (χ1n) is 6.95. The Bertz CT molecular complexity index is 1040. The normalized spacial score (nSPS) is 10.8. The van der Waals surface area contributed by atoms with Gasteiger partial charge in [-0.2, -0.15) is 0 Å². The van der Waals surface area contributed by atoms with Crippen molar-refractivity contribution in [3.8, 4) is 11.5 Å². The highest BCUT2D eigenvalue weighted by Crippen LogP contribution is 2.30. The van der Waals surface area contributed by atoms with Gasteiger partial charge < -0.3 is 14.3 Å². The average molecular weight is 326 g/mol. The Labute approximate surface area is 136 Å². The van der Waals surface area contributed by atoms with Crippen LogP contribution in [0, 0.1) is 12.7 Å². The van der Waals surface area contributed by atoms with Gasteiger partial charge in [0, 0.05) is 18.8 Å². The number of benzene rings is 1. The molecule has 9 heteroatoms. The fourth-order valence-corrected chi connectivity index (χ4v) is 2.33. The number of nitrogens with zero attached hydrogens (tertiary/aromatic N) is 2. The van der Waals surface area contributed by atoms with E-state index in [4.69, 9.17) is 12.3 Å². The molecule has 1 aromatic carbocycles. The maximum atomic E-state index is 14.1. The van der Waals surface area contributed by atoms with Gasteiger partial charge in [0.25, 0.3) is 11.4 Å². The lowest BCUT2D eigenvalue weighted by molar-refractivity contribution is 0.526. The summed E-state index contributed by atoms with van der Waals surface area (Å²) in [4.78, 5) is 23.4. The van der Waals surface area contributed by atoms with Crippen LogP contribution in [0.5, 0.6) is 0 Å². The molecule has 24 heavy (non-hydrogen) atoms. The minimum absolute atomic E-state index is 0.0166. The molecule has 2 N–H and O–H groups in total. The predicted octanol–water partition coefficient (Wildman–Crippen LogP) is 0.714. The van der Waals surface area contributed by atoms with Crippen molar-refractivity contribution < 1.29 is 8.81 Å². The average Bonchev–Trinajstić information content (AvgIpc) is 2.96. The quantitative estimate of drug-likeness (QED) is 0.692. The lowest BCUT2D eigenvalue weighted by atomic mass is 9.96. The van der Waals surface area contributed by atoms with Crippen LogP contribution >= 0.6 is 0 Å². The van der Waals surface area contributed by atoms with Crippen LogP contribution in [-0.4, -0.2) is 22.6 Å². The Balaban J connectivity index is 2.20. The molecule has 0 unspecified atom stereocenters. The third kappa shape index (κ3) is 2.75. The second-order valence-electron chi connectivity index (χ2n) is 5.24.